The molecule has 32 heavy (non-hydrogen) atoms. The number of para-hydroxylation sites is 2. The Labute approximate surface area is 207 Å². The molecule has 1 aromatic heterocycles. The number of benzene rings is 2. The summed E-state index contributed by atoms with van der Waals surface area (Å²) in [5.41, 5.74) is 3.98. The van der Waals surface area contributed by atoms with Crippen molar-refractivity contribution < 1.29 is 4.79 Å². The molecule has 0 aliphatic rings. The maximum atomic E-state index is 12.2. The molecule has 1 heterocycles. The highest BCUT2D eigenvalue weighted by molar-refractivity contribution is 14.0. The number of fused-ring (bicyclic) bond motifs is 1. The van der Waals surface area contributed by atoms with Gasteiger partial charge in [0.15, 0.2) is 5.96 Å². The Bertz CT molecular complexity index is 1060. The van der Waals surface area contributed by atoms with Gasteiger partial charge in [-0.05, 0) is 50.1 Å². The average Bonchev–Trinajstić information content (AvgIpc) is 3.08. The summed E-state index contributed by atoms with van der Waals surface area (Å²) in [5.74, 6) is 1.82. The zero-order valence-electron chi connectivity index (χ0n) is 19.3. The van der Waals surface area contributed by atoms with Crippen LogP contribution in [0.3, 0.4) is 0 Å². The van der Waals surface area contributed by atoms with E-state index in [9.17, 15) is 4.79 Å². The lowest BCUT2D eigenvalue weighted by Crippen LogP contribution is -2.39. The summed E-state index contributed by atoms with van der Waals surface area (Å²) >= 11 is 0. The summed E-state index contributed by atoms with van der Waals surface area (Å²) in [6, 6.07) is 16.0. The smallest absolute Gasteiger partial charge is 0.253 e. The first-order valence-electron chi connectivity index (χ1n) is 10.7. The quantitative estimate of drug-likeness (QED) is 0.257. The van der Waals surface area contributed by atoms with Crippen LogP contribution in [-0.4, -0.2) is 60.0 Å². The molecule has 2 aromatic carbocycles. The van der Waals surface area contributed by atoms with Gasteiger partial charge < -0.3 is 20.1 Å². The number of aliphatic imine (C=N–C) groups is 1. The molecular formula is C24H33IN6O. The minimum Gasteiger partial charge on any atom is -0.357 e. The highest BCUT2D eigenvalue weighted by Gasteiger charge is 2.08. The molecule has 0 spiro atoms. The van der Waals surface area contributed by atoms with E-state index in [0.29, 0.717) is 12.1 Å². The molecule has 2 N–H and O–H groups in total. The van der Waals surface area contributed by atoms with Gasteiger partial charge in [0.05, 0.1) is 11.0 Å². The third-order valence-corrected chi connectivity index (χ3v) is 5.07. The van der Waals surface area contributed by atoms with Crippen molar-refractivity contribution in [1.82, 2.24) is 25.1 Å². The largest absolute Gasteiger partial charge is 0.357 e. The van der Waals surface area contributed by atoms with Crippen LogP contribution < -0.4 is 10.6 Å². The van der Waals surface area contributed by atoms with Crippen molar-refractivity contribution in [2.45, 2.75) is 26.8 Å². The molecular weight excluding hydrogens is 515 g/mol. The standard InChI is InChI=1S/C24H32N6O.HI/c1-5-25-24(26-14-13-19-9-8-10-20(17-19)23(31)29(3)4)27-15-16-30-18(2)28-21-11-6-7-12-22(21)30;/h6-12,17H,5,13-16H2,1-4H3,(H2,25,26,27);1H. The number of hydrogen-bond acceptors (Lipinski definition) is 3. The molecule has 0 unspecified atom stereocenters. The Morgan fingerprint density at radius 2 is 1.91 bits per heavy atom. The molecule has 3 rings (SSSR count). The summed E-state index contributed by atoms with van der Waals surface area (Å²) < 4.78 is 2.22. The van der Waals surface area contributed by atoms with E-state index in [2.05, 4.69) is 33.2 Å². The number of hydrogen-bond donors (Lipinski definition) is 2. The van der Waals surface area contributed by atoms with Crippen LogP contribution in [-0.2, 0) is 13.0 Å². The minimum absolute atomic E-state index is 0. The predicted molar refractivity (Wildman–Crippen MR) is 142 cm³/mol. The first-order valence-corrected chi connectivity index (χ1v) is 10.7. The van der Waals surface area contributed by atoms with Crippen molar-refractivity contribution in [1.29, 1.82) is 0 Å². The molecule has 0 aliphatic carbocycles. The fraction of sp³-hybridized carbons (Fsp3) is 0.375. The number of imidazole rings is 1. The fourth-order valence-corrected chi connectivity index (χ4v) is 3.52. The zero-order valence-corrected chi connectivity index (χ0v) is 21.6. The van der Waals surface area contributed by atoms with Crippen molar-refractivity contribution in [3.05, 3.63) is 65.5 Å². The molecule has 0 bridgehead atoms. The van der Waals surface area contributed by atoms with E-state index >= 15 is 0 Å². The number of aromatic nitrogens is 2. The van der Waals surface area contributed by atoms with Crippen LogP contribution in [0.4, 0.5) is 0 Å². The Morgan fingerprint density at radius 1 is 1.12 bits per heavy atom. The van der Waals surface area contributed by atoms with Gasteiger partial charge in [-0.15, -0.1) is 24.0 Å². The second-order valence-corrected chi connectivity index (χ2v) is 7.64. The van der Waals surface area contributed by atoms with Crippen molar-refractivity contribution in [2.75, 3.05) is 33.7 Å². The van der Waals surface area contributed by atoms with Crippen LogP contribution >= 0.6 is 24.0 Å². The number of aryl methyl sites for hydroxylation is 1. The molecule has 7 nitrogen and oxygen atoms in total. The summed E-state index contributed by atoms with van der Waals surface area (Å²) in [6.45, 7) is 7.09. The molecule has 3 aromatic rings. The molecule has 0 radical (unpaired) electrons. The van der Waals surface area contributed by atoms with Crippen LogP contribution in [0.25, 0.3) is 11.0 Å². The minimum atomic E-state index is 0. The van der Waals surface area contributed by atoms with E-state index < -0.39 is 0 Å². The third kappa shape index (κ3) is 6.69. The number of halogens is 1. The first kappa shape index (κ1) is 25.6. The predicted octanol–water partition coefficient (Wildman–Crippen LogP) is 3.46. The Hall–Kier alpha value is -2.62. The van der Waals surface area contributed by atoms with Crippen molar-refractivity contribution in [3.8, 4) is 0 Å². The first-order chi connectivity index (χ1) is 15.0. The number of rotatable bonds is 8. The number of nitrogens with zero attached hydrogens (tertiary/aromatic N) is 4. The lowest BCUT2D eigenvalue weighted by atomic mass is 10.1. The van der Waals surface area contributed by atoms with Crippen LogP contribution in [0, 0.1) is 6.92 Å². The number of nitrogens with one attached hydrogen (secondary N) is 2. The Kier molecular flexibility index (Phi) is 9.96. The summed E-state index contributed by atoms with van der Waals surface area (Å²) in [7, 11) is 3.53. The fourth-order valence-electron chi connectivity index (χ4n) is 3.52. The number of amides is 1. The summed E-state index contributed by atoms with van der Waals surface area (Å²) in [5, 5.41) is 6.71. The molecule has 172 valence electrons. The lowest BCUT2D eigenvalue weighted by Gasteiger charge is -2.13. The molecule has 8 heteroatoms. The van der Waals surface area contributed by atoms with E-state index in [0.717, 1.165) is 54.4 Å². The van der Waals surface area contributed by atoms with Gasteiger partial charge in [0.1, 0.15) is 5.82 Å². The number of guanidine groups is 1. The third-order valence-electron chi connectivity index (χ3n) is 5.07. The maximum absolute atomic E-state index is 12.2. The second-order valence-electron chi connectivity index (χ2n) is 7.64. The highest BCUT2D eigenvalue weighted by atomic mass is 127. The van der Waals surface area contributed by atoms with Crippen molar-refractivity contribution in [3.63, 3.8) is 0 Å². The van der Waals surface area contributed by atoms with Gasteiger partial charge >= 0.3 is 0 Å². The van der Waals surface area contributed by atoms with Crippen LogP contribution in [0.1, 0.15) is 28.7 Å². The van der Waals surface area contributed by atoms with E-state index in [1.807, 2.05) is 49.4 Å². The number of carbonyl (C=O) groups is 1. The zero-order chi connectivity index (χ0) is 22.2. The van der Waals surface area contributed by atoms with Crippen LogP contribution in [0.5, 0.6) is 0 Å². The normalized spacial score (nSPS) is 11.2. The van der Waals surface area contributed by atoms with E-state index in [-0.39, 0.29) is 29.9 Å². The molecule has 0 saturated heterocycles. The second kappa shape index (κ2) is 12.4. The maximum Gasteiger partial charge on any atom is 0.253 e. The van der Waals surface area contributed by atoms with Gasteiger partial charge in [-0.3, -0.25) is 9.79 Å². The molecule has 0 fully saturated rings. The van der Waals surface area contributed by atoms with Gasteiger partial charge in [-0.1, -0.05) is 24.3 Å². The van der Waals surface area contributed by atoms with E-state index in [1.54, 1.807) is 19.0 Å². The average molecular weight is 548 g/mol. The number of carbonyl (C=O) groups excluding carboxylic acids is 1. The van der Waals surface area contributed by atoms with E-state index in [1.165, 1.54) is 0 Å². The Balaban J connectivity index is 0.00000363. The van der Waals surface area contributed by atoms with E-state index in [4.69, 9.17) is 4.99 Å². The summed E-state index contributed by atoms with van der Waals surface area (Å²) in [6.07, 6.45) is 0.774. The monoisotopic (exact) mass is 548 g/mol. The molecule has 0 aliphatic heterocycles. The van der Waals surface area contributed by atoms with Gasteiger partial charge in [0, 0.05) is 45.8 Å². The van der Waals surface area contributed by atoms with Crippen molar-refractivity contribution in [2.24, 2.45) is 4.99 Å². The van der Waals surface area contributed by atoms with Crippen LogP contribution in [0.2, 0.25) is 0 Å². The molecule has 0 atom stereocenters. The van der Waals surface area contributed by atoms with Crippen LogP contribution in [0.15, 0.2) is 53.5 Å². The summed E-state index contributed by atoms with van der Waals surface area (Å²) in [4.78, 5) is 23.1. The molecule has 1 amide bonds. The lowest BCUT2D eigenvalue weighted by molar-refractivity contribution is 0.0827. The SMILES string of the molecule is CCNC(=NCCc1cccc(C(=O)N(C)C)c1)NCCn1c(C)nc2ccccc21.I. The molecule has 0 saturated carbocycles. The topological polar surface area (TPSA) is 74.6 Å². The Morgan fingerprint density at radius 3 is 2.66 bits per heavy atom. The highest BCUT2D eigenvalue weighted by Crippen LogP contribution is 2.14. The van der Waals surface area contributed by atoms with Gasteiger partial charge in [0.2, 0.25) is 0 Å². The van der Waals surface area contributed by atoms with Gasteiger partial charge in [-0.25, -0.2) is 4.98 Å². The van der Waals surface area contributed by atoms with Crippen molar-refractivity contribution >= 4 is 46.9 Å². The van der Waals surface area contributed by atoms with Gasteiger partial charge in [-0.2, -0.15) is 0 Å². The van der Waals surface area contributed by atoms with Gasteiger partial charge in [0.25, 0.3) is 5.91 Å².